The highest BCUT2D eigenvalue weighted by atomic mass is 16.5. The van der Waals surface area contributed by atoms with Gasteiger partial charge in [0.05, 0.1) is 24.9 Å². The van der Waals surface area contributed by atoms with Gasteiger partial charge in [-0.1, -0.05) is 0 Å². The standard InChI is InChI=1S/C18H21N5O4/c1-10-14(11(2)22-21-10)9-19-16(24)8-15-17(25)23(18(26)20-15)12-4-6-13(27-3)7-5-12/h4-7,15H,8-9H2,1-3H3,(H,19,24)(H,20,26)(H,21,22)/t15-/m0/s1. The summed E-state index contributed by atoms with van der Waals surface area (Å²) in [6.07, 6.45) is -0.132. The Bertz CT molecular complexity index is 855. The highest BCUT2D eigenvalue weighted by molar-refractivity contribution is 6.22. The van der Waals surface area contributed by atoms with Gasteiger partial charge in [0.1, 0.15) is 11.8 Å². The first kappa shape index (κ1) is 18.4. The molecule has 9 heteroatoms. The number of hydrogen-bond donors (Lipinski definition) is 3. The maximum Gasteiger partial charge on any atom is 0.329 e. The summed E-state index contributed by atoms with van der Waals surface area (Å²) in [5.74, 6) is -0.173. The van der Waals surface area contributed by atoms with Crippen molar-refractivity contribution < 1.29 is 19.1 Å². The minimum absolute atomic E-state index is 0.132. The molecule has 2 aromatic rings. The number of urea groups is 1. The van der Waals surface area contributed by atoms with E-state index in [2.05, 4.69) is 20.8 Å². The molecule has 3 N–H and O–H groups in total. The molecule has 0 spiro atoms. The largest absolute Gasteiger partial charge is 0.497 e. The fourth-order valence-electron chi connectivity index (χ4n) is 2.92. The molecule has 0 radical (unpaired) electrons. The zero-order valence-corrected chi connectivity index (χ0v) is 15.3. The van der Waals surface area contributed by atoms with Crippen molar-refractivity contribution >= 4 is 23.5 Å². The lowest BCUT2D eigenvalue weighted by atomic mass is 10.1. The monoisotopic (exact) mass is 371 g/mol. The minimum Gasteiger partial charge on any atom is -0.497 e. The molecular weight excluding hydrogens is 350 g/mol. The van der Waals surface area contributed by atoms with Crippen LogP contribution in [0.25, 0.3) is 0 Å². The van der Waals surface area contributed by atoms with Crippen molar-refractivity contribution in [2.24, 2.45) is 0 Å². The van der Waals surface area contributed by atoms with Crippen LogP contribution in [0.5, 0.6) is 5.75 Å². The van der Waals surface area contributed by atoms with Crippen molar-refractivity contribution in [3.63, 3.8) is 0 Å². The van der Waals surface area contributed by atoms with Gasteiger partial charge in [0.15, 0.2) is 0 Å². The molecule has 1 aromatic carbocycles. The molecule has 9 nitrogen and oxygen atoms in total. The summed E-state index contributed by atoms with van der Waals surface area (Å²) in [4.78, 5) is 38.0. The Morgan fingerprint density at radius 1 is 1.26 bits per heavy atom. The summed E-state index contributed by atoms with van der Waals surface area (Å²) in [7, 11) is 1.53. The van der Waals surface area contributed by atoms with E-state index in [1.54, 1.807) is 24.3 Å². The average molecular weight is 371 g/mol. The molecule has 4 amide bonds. The number of aryl methyl sites for hydroxylation is 2. The van der Waals surface area contributed by atoms with Crippen LogP contribution in [0.3, 0.4) is 0 Å². The van der Waals surface area contributed by atoms with Gasteiger partial charge in [-0.15, -0.1) is 0 Å². The number of H-pyrrole nitrogens is 1. The van der Waals surface area contributed by atoms with Crippen LogP contribution in [-0.4, -0.2) is 41.2 Å². The number of imide groups is 1. The summed E-state index contributed by atoms with van der Waals surface area (Å²) >= 11 is 0. The van der Waals surface area contributed by atoms with Crippen molar-refractivity contribution in [3.8, 4) is 5.75 Å². The molecule has 142 valence electrons. The Morgan fingerprint density at radius 3 is 2.56 bits per heavy atom. The summed E-state index contributed by atoms with van der Waals surface area (Å²) in [6, 6.07) is 5.10. The number of carbonyl (C=O) groups is 3. The van der Waals surface area contributed by atoms with Crippen LogP contribution in [-0.2, 0) is 16.1 Å². The van der Waals surface area contributed by atoms with Crippen LogP contribution in [0.15, 0.2) is 24.3 Å². The van der Waals surface area contributed by atoms with Crippen LogP contribution < -0.4 is 20.3 Å². The molecule has 0 saturated carbocycles. The molecule has 1 fully saturated rings. The Morgan fingerprint density at radius 2 is 1.96 bits per heavy atom. The highest BCUT2D eigenvalue weighted by Crippen LogP contribution is 2.23. The third-order valence-corrected chi connectivity index (χ3v) is 4.48. The lowest BCUT2D eigenvalue weighted by molar-refractivity contribution is -0.125. The van der Waals surface area contributed by atoms with Gasteiger partial charge in [0.2, 0.25) is 5.91 Å². The van der Waals surface area contributed by atoms with Crippen molar-refractivity contribution in [1.82, 2.24) is 20.8 Å². The van der Waals surface area contributed by atoms with Crippen LogP contribution in [0.2, 0.25) is 0 Å². The van der Waals surface area contributed by atoms with Gasteiger partial charge in [-0.3, -0.25) is 14.7 Å². The van der Waals surface area contributed by atoms with E-state index in [1.807, 2.05) is 13.8 Å². The molecular formula is C18H21N5O4. The first-order valence-corrected chi connectivity index (χ1v) is 8.46. The fourth-order valence-corrected chi connectivity index (χ4v) is 2.92. The molecule has 1 atom stereocenters. The van der Waals surface area contributed by atoms with E-state index in [1.165, 1.54) is 7.11 Å². The van der Waals surface area contributed by atoms with E-state index in [9.17, 15) is 14.4 Å². The summed E-state index contributed by atoms with van der Waals surface area (Å²) < 4.78 is 5.07. The predicted molar refractivity (Wildman–Crippen MR) is 97.3 cm³/mol. The van der Waals surface area contributed by atoms with E-state index >= 15 is 0 Å². The Balaban J connectivity index is 1.61. The molecule has 1 aliphatic heterocycles. The van der Waals surface area contributed by atoms with Gasteiger partial charge >= 0.3 is 6.03 Å². The van der Waals surface area contributed by atoms with E-state index in [4.69, 9.17) is 4.74 Å². The number of amides is 4. The first-order chi connectivity index (χ1) is 12.9. The number of nitrogens with zero attached hydrogens (tertiary/aromatic N) is 2. The molecule has 0 aliphatic carbocycles. The SMILES string of the molecule is COc1ccc(N2C(=O)N[C@@H](CC(=O)NCc3c(C)n[nH]c3C)C2=O)cc1. The summed E-state index contributed by atoms with van der Waals surface area (Å²) in [6.45, 7) is 4.03. The second-order valence-corrected chi connectivity index (χ2v) is 6.27. The van der Waals surface area contributed by atoms with E-state index in [-0.39, 0.29) is 12.3 Å². The van der Waals surface area contributed by atoms with Gasteiger partial charge < -0.3 is 15.4 Å². The van der Waals surface area contributed by atoms with Crippen molar-refractivity contribution in [1.29, 1.82) is 0 Å². The van der Waals surface area contributed by atoms with E-state index in [0.29, 0.717) is 18.0 Å². The number of aromatic amines is 1. The van der Waals surface area contributed by atoms with Gasteiger partial charge in [0, 0.05) is 17.8 Å². The smallest absolute Gasteiger partial charge is 0.329 e. The molecule has 3 rings (SSSR count). The Hall–Kier alpha value is -3.36. The normalized spacial score (nSPS) is 16.4. The van der Waals surface area contributed by atoms with E-state index in [0.717, 1.165) is 21.9 Å². The lowest BCUT2D eigenvalue weighted by Crippen LogP contribution is -2.36. The van der Waals surface area contributed by atoms with E-state index < -0.39 is 18.0 Å². The average Bonchev–Trinajstić information content (AvgIpc) is 3.11. The third kappa shape index (κ3) is 3.76. The number of ether oxygens (including phenoxy) is 1. The number of nitrogens with one attached hydrogen (secondary N) is 3. The van der Waals surface area contributed by atoms with Gasteiger partial charge in [-0.25, -0.2) is 9.69 Å². The molecule has 0 bridgehead atoms. The topological polar surface area (TPSA) is 116 Å². The number of rotatable bonds is 6. The zero-order chi connectivity index (χ0) is 19.6. The number of benzene rings is 1. The second-order valence-electron chi connectivity index (χ2n) is 6.27. The van der Waals surface area contributed by atoms with Gasteiger partial charge in [-0.05, 0) is 38.1 Å². The quantitative estimate of drug-likeness (QED) is 0.659. The molecule has 27 heavy (non-hydrogen) atoms. The fraction of sp³-hybridized carbons (Fsp3) is 0.333. The van der Waals surface area contributed by atoms with Crippen LogP contribution >= 0.6 is 0 Å². The van der Waals surface area contributed by atoms with Gasteiger partial charge in [-0.2, -0.15) is 5.10 Å². The molecule has 2 heterocycles. The van der Waals surface area contributed by atoms with Crippen molar-refractivity contribution in [2.75, 3.05) is 12.0 Å². The first-order valence-electron chi connectivity index (χ1n) is 8.46. The van der Waals surface area contributed by atoms with Crippen molar-refractivity contribution in [2.45, 2.75) is 32.9 Å². The lowest BCUT2D eigenvalue weighted by Gasteiger charge is -2.13. The number of methoxy groups -OCH3 is 1. The zero-order valence-electron chi connectivity index (χ0n) is 15.3. The second kappa shape index (κ2) is 7.48. The highest BCUT2D eigenvalue weighted by Gasteiger charge is 2.40. The molecule has 1 aromatic heterocycles. The maximum atomic E-state index is 12.6. The Labute approximate surface area is 156 Å². The van der Waals surface area contributed by atoms with Crippen LogP contribution in [0.4, 0.5) is 10.5 Å². The summed E-state index contributed by atoms with van der Waals surface area (Å²) in [5, 5.41) is 12.2. The third-order valence-electron chi connectivity index (χ3n) is 4.48. The molecule has 1 aliphatic rings. The van der Waals surface area contributed by atoms with Crippen LogP contribution in [0.1, 0.15) is 23.4 Å². The van der Waals surface area contributed by atoms with Crippen LogP contribution in [0, 0.1) is 13.8 Å². The number of anilines is 1. The van der Waals surface area contributed by atoms with Gasteiger partial charge in [0.25, 0.3) is 5.91 Å². The predicted octanol–water partition coefficient (Wildman–Crippen LogP) is 1.17. The molecule has 1 saturated heterocycles. The summed E-state index contributed by atoms with van der Waals surface area (Å²) in [5.41, 5.74) is 3.02. The number of hydrogen-bond acceptors (Lipinski definition) is 5. The minimum atomic E-state index is -0.897. The molecule has 0 unspecified atom stereocenters. The van der Waals surface area contributed by atoms with Crippen molar-refractivity contribution in [3.05, 3.63) is 41.2 Å². The number of aromatic nitrogens is 2. The maximum absolute atomic E-state index is 12.6. The Kier molecular flexibility index (Phi) is 5.11. The number of carbonyl (C=O) groups excluding carboxylic acids is 3.